The van der Waals surface area contributed by atoms with Crippen molar-refractivity contribution in [1.29, 1.82) is 0 Å². The van der Waals surface area contributed by atoms with Gasteiger partial charge in [0.25, 0.3) is 15.0 Å². The van der Waals surface area contributed by atoms with Crippen LogP contribution in [-0.4, -0.2) is 31.8 Å². The van der Waals surface area contributed by atoms with Gasteiger partial charge in [-0.3, -0.25) is 4.79 Å². The van der Waals surface area contributed by atoms with Crippen LogP contribution in [0.2, 0.25) is 10.0 Å². The average molecular weight is 357 g/mol. The van der Waals surface area contributed by atoms with Gasteiger partial charge in [-0.05, 0) is 31.9 Å². The number of likely N-dealkylation sites (tertiary alicyclic amines) is 1. The van der Waals surface area contributed by atoms with Crippen molar-refractivity contribution in [1.82, 2.24) is 4.90 Å². The minimum atomic E-state index is -4.06. The summed E-state index contributed by atoms with van der Waals surface area (Å²) in [5, 5.41) is -0.184. The molecule has 20 heavy (non-hydrogen) atoms. The molecule has 110 valence electrons. The zero-order valence-corrected chi connectivity index (χ0v) is 13.7. The van der Waals surface area contributed by atoms with Crippen LogP contribution in [-0.2, 0) is 9.05 Å². The lowest BCUT2D eigenvalue weighted by atomic mass is 10.2. The van der Waals surface area contributed by atoms with E-state index in [2.05, 4.69) is 0 Å². The van der Waals surface area contributed by atoms with Gasteiger partial charge in [0.05, 0.1) is 10.0 Å². The van der Waals surface area contributed by atoms with Gasteiger partial charge < -0.3 is 4.90 Å². The summed E-state index contributed by atoms with van der Waals surface area (Å²) in [6, 6.07) is 2.65. The second-order valence-corrected chi connectivity index (χ2v) is 8.02. The van der Waals surface area contributed by atoms with Crippen LogP contribution >= 0.6 is 33.9 Å². The van der Waals surface area contributed by atoms with Crippen molar-refractivity contribution in [2.75, 3.05) is 6.54 Å². The minimum absolute atomic E-state index is 0.0106. The van der Waals surface area contributed by atoms with Gasteiger partial charge in [0.15, 0.2) is 0 Å². The molecule has 0 saturated carbocycles. The highest BCUT2D eigenvalue weighted by Gasteiger charge is 2.28. The molecule has 1 aromatic carbocycles. The third-order valence-electron chi connectivity index (χ3n) is 3.32. The second kappa shape index (κ2) is 5.72. The number of hydrogen-bond acceptors (Lipinski definition) is 3. The number of amides is 1. The van der Waals surface area contributed by atoms with Crippen LogP contribution in [0.3, 0.4) is 0 Å². The van der Waals surface area contributed by atoms with Crippen LogP contribution < -0.4 is 0 Å². The van der Waals surface area contributed by atoms with Crippen molar-refractivity contribution in [3.63, 3.8) is 0 Å². The van der Waals surface area contributed by atoms with E-state index in [4.69, 9.17) is 33.9 Å². The Morgan fingerprint density at radius 1 is 1.35 bits per heavy atom. The Morgan fingerprint density at radius 2 is 2.00 bits per heavy atom. The second-order valence-electron chi connectivity index (χ2n) is 4.70. The number of rotatable bonds is 2. The maximum Gasteiger partial charge on any atom is 0.262 e. The van der Waals surface area contributed by atoms with Gasteiger partial charge in [0.1, 0.15) is 4.90 Å². The highest BCUT2D eigenvalue weighted by atomic mass is 35.7. The third-order valence-corrected chi connectivity index (χ3v) is 5.58. The molecule has 1 saturated heterocycles. The Bertz CT molecular complexity index is 660. The van der Waals surface area contributed by atoms with Gasteiger partial charge >= 0.3 is 0 Å². The maximum absolute atomic E-state index is 12.4. The smallest absolute Gasteiger partial charge is 0.262 e. The van der Waals surface area contributed by atoms with Crippen molar-refractivity contribution in [2.45, 2.75) is 30.7 Å². The summed E-state index contributed by atoms with van der Waals surface area (Å²) in [4.78, 5) is 13.7. The first-order chi connectivity index (χ1) is 9.21. The van der Waals surface area contributed by atoms with Gasteiger partial charge in [0, 0.05) is 28.8 Å². The molecule has 1 heterocycles. The first kappa shape index (κ1) is 15.9. The predicted molar refractivity (Wildman–Crippen MR) is 79.2 cm³/mol. The fraction of sp³-hybridized carbons (Fsp3) is 0.417. The molecule has 0 spiro atoms. The monoisotopic (exact) mass is 355 g/mol. The van der Waals surface area contributed by atoms with Crippen LogP contribution in [0.4, 0.5) is 0 Å². The molecule has 0 N–H and O–H groups in total. The fourth-order valence-corrected chi connectivity index (χ4v) is 4.03. The quantitative estimate of drug-likeness (QED) is 0.762. The lowest BCUT2D eigenvalue weighted by Crippen LogP contribution is -2.33. The standard InChI is InChI=1S/C12H12Cl3NO3S/c1-7-3-2-4-16(7)12(17)8-5-9(13)11(14)10(6-8)20(15,18)19/h5-7H,2-4H2,1H3. The van der Waals surface area contributed by atoms with Crippen molar-refractivity contribution in [2.24, 2.45) is 0 Å². The van der Waals surface area contributed by atoms with E-state index in [1.54, 1.807) is 4.90 Å². The summed E-state index contributed by atoms with van der Waals surface area (Å²) in [5.41, 5.74) is 0.173. The Morgan fingerprint density at radius 3 is 2.50 bits per heavy atom. The number of halogens is 3. The van der Waals surface area contributed by atoms with Gasteiger partial charge in [-0.1, -0.05) is 23.2 Å². The predicted octanol–water partition coefficient (Wildman–Crippen LogP) is 3.55. The summed E-state index contributed by atoms with van der Waals surface area (Å²) < 4.78 is 22.9. The first-order valence-corrected chi connectivity index (χ1v) is 9.03. The van der Waals surface area contributed by atoms with Crippen molar-refractivity contribution >= 4 is 48.8 Å². The zero-order chi connectivity index (χ0) is 15.1. The third kappa shape index (κ3) is 3.06. The van der Waals surface area contributed by atoms with E-state index in [1.165, 1.54) is 12.1 Å². The van der Waals surface area contributed by atoms with Crippen molar-refractivity contribution in [3.05, 3.63) is 27.7 Å². The molecule has 1 aromatic rings. The van der Waals surface area contributed by atoms with E-state index >= 15 is 0 Å². The molecule has 0 radical (unpaired) electrons. The topological polar surface area (TPSA) is 54.5 Å². The normalized spacial score (nSPS) is 19.4. The Kier molecular flexibility index (Phi) is 4.54. The lowest BCUT2D eigenvalue weighted by molar-refractivity contribution is 0.0747. The summed E-state index contributed by atoms with van der Waals surface area (Å²) in [5.74, 6) is -0.268. The van der Waals surface area contributed by atoms with E-state index in [-0.39, 0.29) is 32.5 Å². The van der Waals surface area contributed by atoms with Gasteiger partial charge in [-0.15, -0.1) is 0 Å². The van der Waals surface area contributed by atoms with Gasteiger partial charge in [-0.2, -0.15) is 0 Å². The number of nitrogens with zero attached hydrogens (tertiary/aromatic N) is 1. The summed E-state index contributed by atoms with van der Waals surface area (Å²) in [6.45, 7) is 2.59. The molecule has 1 atom stereocenters. The number of hydrogen-bond donors (Lipinski definition) is 0. The van der Waals surface area contributed by atoms with E-state index in [0.717, 1.165) is 12.8 Å². The molecular formula is C12H12Cl3NO3S. The van der Waals surface area contributed by atoms with E-state index in [9.17, 15) is 13.2 Å². The van der Waals surface area contributed by atoms with E-state index < -0.39 is 9.05 Å². The van der Waals surface area contributed by atoms with E-state index in [0.29, 0.717) is 6.54 Å². The van der Waals surface area contributed by atoms with Crippen LogP contribution in [0.25, 0.3) is 0 Å². The first-order valence-electron chi connectivity index (χ1n) is 5.96. The highest BCUT2D eigenvalue weighted by molar-refractivity contribution is 8.13. The van der Waals surface area contributed by atoms with Gasteiger partial charge in [-0.25, -0.2) is 8.42 Å². The maximum atomic E-state index is 12.4. The SMILES string of the molecule is CC1CCCN1C(=O)c1cc(Cl)c(Cl)c(S(=O)(=O)Cl)c1. The molecule has 1 amide bonds. The summed E-state index contributed by atoms with van der Waals surface area (Å²) in [6.07, 6.45) is 1.85. The minimum Gasteiger partial charge on any atom is -0.336 e. The fourth-order valence-electron chi connectivity index (χ4n) is 2.27. The summed E-state index contributed by atoms with van der Waals surface area (Å²) in [7, 11) is 1.24. The molecule has 1 fully saturated rings. The van der Waals surface area contributed by atoms with Crippen molar-refractivity contribution in [3.8, 4) is 0 Å². The van der Waals surface area contributed by atoms with E-state index in [1.807, 2.05) is 6.92 Å². The van der Waals surface area contributed by atoms with Gasteiger partial charge in [0.2, 0.25) is 0 Å². The molecule has 0 aromatic heterocycles. The number of benzene rings is 1. The molecule has 4 nitrogen and oxygen atoms in total. The van der Waals surface area contributed by atoms with Crippen LogP contribution in [0.5, 0.6) is 0 Å². The largest absolute Gasteiger partial charge is 0.336 e. The number of carbonyl (C=O) groups is 1. The highest BCUT2D eigenvalue weighted by Crippen LogP contribution is 2.33. The Balaban J connectivity index is 2.48. The molecule has 1 aliphatic heterocycles. The summed E-state index contributed by atoms with van der Waals surface area (Å²) >= 11 is 11.7. The zero-order valence-electron chi connectivity index (χ0n) is 10.6. The Labute approximate surface area is 132 Å². The molecule has 1 aliphatic rings. The molecule has 2 rings (SSSR count). The molecule has 0 aliphatic carbocycles. The van der Waals surface area contributed by atoms with Crippen LogP contribution in [0, 0.1) is 0 Å². The molecule has 0 bridgehead atoms. The van der Waals surface area contributed by atoms with Crippen LogP contribution in [0.1, 0.15) is 30.1 Å². The lowest BCUT2D eigenvalue weighted by Gasteiger charge is -2.22. The van der Waals surface area contributed by atoms with Crippen LogP contribution in [0.15, 0.2) is 17.0 Å². The molecular weight excluding hydrogens is 345 g/mol. The molecule has 8 heteroatoms. The number of carbonyl (C=O) groups excluding carboxylic acids is 1. The van der Waals surface area contributed by atoms with Crippen molar-refractivity contribution < 1.29 is 13.2 Å². The molecule has 1 unspecified atom stereocenters. The average Bonchev–Trinajstić information content (AvgIpc) is 2.76. The Hall–Kier alpha value is -0.490.